The molecule has 22 heavy (non-hydrogen) atoms. The van der Waals surface area contributed by atoms with E-state index in [2.05, 4.69) is 6.08 Å². The standard InChI is InChI=1S/C19H20O3/c20-16-10-9-13-11-15-7-4-8-17(19(15,16)12-13)22-18(21)14-5-2-1-3-6-14/h1-3,5-6,9-10,13,15,17H,4,7-8,11-12H2/t13-,15-,17-,19+/m0/s1. The summed E-state index contributed by atoms with van der Waals surface area (Å²) in [5.41, 5.74) is 0.122. The Labute approximate surface area is 130 Å². The van der Waals surface area contributed by atoms with Crippen LogP contribution in [0.3, 0.4) is 0 Å². The summed E-state index contributed by atoms with van der Waals surface area (Å²) in [6.45, 7) is 0. The number of fused-ring (bicyclic) bond motifs is 1. The van der Waals surface area contributed by atoms with Crippen LogP contribution in [0.1, 0.15) is 42.5 Å². The molecule has 0 N–H and O–H groups in total. The van der Waals surface area contributed by atoms with E-state index in [1.807, 2.05) is 18.2 Å². The van der Waals surface area contributed by atoms with Gasteiger partial charge in [0.05, 0.1) is 11.0 Å². The van der Waals surface area contributed by atoms with E-state index in [9.17, 15) is 9.59 Å². The summed E-state index contributed by atoms with van der Waals surface area (Å²) in [7, 11) is 0. The van der Waals surface area contributed by atoms with Crippen molar-refractivity contribution >= 4 is 11.8 Å². The number of ether oxygens (including phenoxy) is 1. The molecule has 0 aliphatic heterocycles. The fourth-order valence-electron chi connectivity index (χ4n) is 4.76. The number of rotatable bonds is 2. The van der Waals surface area contributed by atoms with E-state index in [0.717, 1.165) is 32.1 Å². The van der Waals surface area contributed by atoms with Crippen molar-refractivity contribution in [2.75, 3.05) is 0 Å². The third-order valence-corrected chi connectivity index (χ3v) is 5.75. The second-order valence-electron chi connectivity index (χ2n) is 6.85. The van der Waals surface area contributed by atoms with Gasteiger partial charge in [-0.2, -0.15) is 0 Å². The molecule has 4 rings (SSSR count). The molecule has 0 unspecified atom stereocenters. The number of esters is 1. The summed E-state index contributed by atoms with van der Waals surface area (Å²) in [6, 6.07) is 9.07. The zero-order valence-corrected chi connectivity index (χ0v) is 12.5. The zero-order valence-electron chi connectivity index (χ0n) is 12.5. The molecule has 2 fully saturated rings. The summed E-state index contributed by atoms with van der Waals surface area (Å²) >= 11 is 0. The van der Waals surface area contributed by atoms with Gasteiger partial charge in [-0.05, 0) is 62.1 Å². The van der Waals surface area contributed by atoms with Gasteiger partial charge in [-0.15, -0.1) is 0 Å². The number of benzene rings is 1. The molecule has 0 heterocycles. The number of hydrogen-bond donors (Lipinski definition) is 0. The summed E-state index contributed by atoms with van der Waals surface area (Å²) in [5, 5.41) is 0. The Balaban J connectivity index is 1.62. The predicted octanol–water partition coefficient (Wildman–Crippen LogP) is 3.55. The van der Waals surface area contributed by atoms with Gasteiger partial charge < -0.3 is 4.74 Å². The van der Waals surface area contributed by atoms with Gasteiger partial charge in [0.25, 0.3) is 0 Å². The molecule has 1 spiro atoms. The fraction of sp³-hybridized carbons (Fsp3) is 0.474. The predicted molar refractivity (Wildman–Crippen MR) is 82.3 cm³/mol. The van der Waals surface area contributed by atoms with Crippen molar-refractivity contribution in [3.63, 3.8) is 0 Å². The van der Waals surface area contributed by atoms with E-state index in [1.165, 1.54) is 0 Å². The summed E-state index contributed by atoms with van der Waals surface area (Å²) in [5.74, 6) is 0.740. The number of carbonyl (C=O) groups excluding carboxylic acids is 2. The van der Waals surface area contributed by atoms with E-state index in [1.54, 1.807) is 18.2 Å². The van der Waals surface area contributed by atoms with Gasteiger partial charge in [0, 0.05) is 0 Å². The Morgan fingerprint density at radius 3 is 2.82 bits per heavy atom. The molecular weight excluding hydrogens is 276 g/mol. The largest absolute Gasteiger partial charge is 0.458 e. The molecule has 0 aromatic heterocycles. The molecule has 0 radical (unpaired) electrons. The molecule has 0 amide bonds. The molecule has 3 nitrogen and oxygen atoms in total. The van der Waals surface area contributed by atoms with Gasteiger partial charge in [-0.25, -0.2) is 4.79 Å². The van der Waals surface area contributed by atoms with Crippen LogP contribution in [0.15, 0.2) is 42.5 Å². The number of carbonyl (C=O) groups is 2. The van der Waals surface area contributed by atoms with Crippen molar-refractivity contribution in [2.24, 2.45) is 17.3 Å². The highest BCUT2D eigenvalue weighted by atomic mass is 16.5. The van der Waals surface area contributed by atoms with Crippen LogP contribution < -0.4 is 0 Å². The van der Waals surface area contributed by atoms with E-state index in [4.69, 9.17) is 4.74 Å². The first-order valence-electron chi connectivity index (χ1n) is 8.19. The van der Waals surface area contributed by atoms with Crippen LogP contribution in [0.25, 0.3) is 0 Å². The van der Waals surface area contributed by atoms with Crippen molar-refractivity contribution in [1.82, 2.24) is 0 Å². The Bertz CT molecular complexity index is 633. The topological polar surface area (TPSA) is 43.4 Å². The smallest absolute Gasteiger partial charge is 0.338 e. The number of hydrogen-bond acceptors (Lipinski definition) is 3. The second-order valence-corrected chi connectivity index (χ2v) is 6.85. The minimum Gasteiger partial charge on any atom is -0.458 e. The molecule has 0 saturated heterocycles. The maximum Gasteiger partial charge on any atom is 0.338 e. The Kier molecular flexibility index (Phi) is 3.17. The number of ketones is 1. The van der Waals surface area contributed by atoms with E-state index < -0.39 is 5.41 Å². The average molecular weight is 296 g/mol. The van der Waals surface area contributed by atoms with Crippen LogP contribution in [-0.4, -0.2) is 17.9 Å². The lowest BCUT2D eigenvalue weighted by Crippen LogP contribution is -2.50. The summed E-state index contributed by atoms with van der Waals surface area (Å²) in [6.07, 6.45) is 8.40. The van der Waals surface area contributed by atoms with Crippen molar-refractivity contribution in [1.29, 1.82) is 0 Å². The molecule has 114 valence electrons. The van der Waals surface area contributed by atoms with Gasteiger partial charge in [-0.1, -0.05) is 24.3 Å². The lowest BCUT2D eigenvalue weighted by molar-refractivity contribution is -0.139. The molecule has 1 aromatic rings. The first-order valence-corrected chi connectivity index (χ1v) is 8.19. The minimum atomic E-state index is -0.442. The zero-order chi connectivity index (χ0) is 15.2. The summed E-state index contributed by atoms with van der Waals surface area (Å²) < 4.78 is 5.84. The minimum absolute atomic E-state index is 0.178. The quantitative estimate of drug-likeness (QED) is 0.784. The van der Waals surface area contributed by atoms with Crippen LogP contribution in [0.2, 0.25) is 0 Å². The van der Waals surface area contributed by atoms with Crippen LogP contribution in [0, 0.1) is 17.3 Å². The first-order chi connectivity index (χ1) is 10.7. The summed E-state index contributed by atoms with van der Waals surface area (Å²) in [4.78, 5) is 25.1. The highest BCUT2D eigenvalue weighted by Gasteiger charge is 2.59. The van der Waals surface area contributed by atoms with E-state index >= 15 is 0 Å². The van der Waals surface area contributed by atoms with Gasteiger partial charge in [0.1, 0.15) is 6.10 Å². The van der Waals surface area contributed by atoms with Gasteiger partial charge in [0.15, 0.2) is 5.78 Å². The lowest BCUT2D eigenvalue weighted by Gasteiger charge is -2.44. The maximum atomic E-state index is 12.7. The van der Waals surface area contributed by atoms with Crippen molar-refractivity contribution in [2.45, 2.75) is 38.2 Å². The molecule has 2 saturated carbocycles. The van der Waals surface area contributed by atoms with Crippen molar-refractivity contribution in [3.8, 4) is 0 Å². The highest BCUT2D eigenvalue weighted by molar-refractivity contribution is 5.98. The molecule has 1 aromatic carbocycles. The van der Waals surface area contributed by atoms with Crippen LogP contribution >= 0.6 is 0 Å². The Morgan fingerprint density at radius 1 is 1.18 bits per heavy atom. The van der Waals surface area contributed by atoms with Crippen LogP contribution in [-0.2, 0) is 9.53 Å². The van der Waals surface area contributed by atoms with Crippen molar-refractivity contribution in [3.05, 3.63) is 48.0 Å². The normalized spacial score (nSPS) is 36.0. The third-order valence-electron chi connectivity index (χ3n) is 5.75. The molecule has 3 aliphatic carbocycles. The Morgan fingerprint density at radius 2 is 2.00 bits per heavy atom. The van der Waals surface area contributed by atoms with Crippen LogP contribution in [0.4, 0.5) is 0 Å². The Hall–Kier alpha value is -1.90. The first kappa shape index (κ1) is 13.7. The van der Waals surface area contributed by atoms with E-state index in [0.29, 0.717) is 17.4 Å². The molecule has 4 atom stereocenters. The monoisotopic (exact) mass is 296 g/mol. The SMILES string of the molecule is O=C(O[C@H]1CCC[C@H]2C[C@@H]3C=CC(=O)[C@@]21C3)c1ccccc1. The van der Waals surface area contributed by atoms with Crippen molar-refractivity contribution < 1.29 is 14.3 Å². The van der Waals surface area contributed by atoms with Gasteiger partial charge in [0.2, 0.25) is 0 Å². The lowest BCUT2D eigenvalue weighted by atomic mass is 9.63. The molecule has 2 bridgehead atoms. The molecular formula is C19H20O3. The second kappa shape index (κ2) is 5.08. The van der Waals surface area contributed by atoms with E-state index in [-0.39, 0.29) is 17.9 Å². The molecule has 3 aliphatic rings. The number of allylic oxidation sites excluding steroid dienone is 2. The third kappa shape index (κ3) is 1.95. The highest BCUT2D eigenvalue weighted by Crippen LogP contribution is 2.58. The molecule has 3 heteroatoms. The van der Waals surface area contributed by atoms with Crippen LogP contribution in [0.5, 0.6) is 0 Å². The van der Waals surface area contributed by atoms with Gasteiger partial charge >= 0.3 is 5.97 Å². The van der Waals surface area contributed by atoms with Gasteiger partial charge in [-0.3, -0.25) is 4.79 Å². The average Bonchev–Trinajstić information content (AvgIpc) is 2.88. The maximum absolute atomic E-state index is 12.7. The fourth-order valence-corrected chi connectivity index (χ4v) is 4.76.